The van der Waals surface area contributed by atoms with Gasteiger partial charge in [0.05, 0.1) is 6.61 Å². The van der Waals surface area contributed by atoms with Gasteiger partial charge in [0.25, 0.3) is 0 Å². The predicted octanol–water partition coefficient (Wildman–Crippen LogP) is 2.28. The third-order valence-electron chi connectivity index (χ3n) is 2.54. The number of allylic oxidation sites excluding steroid dienone is 1. The van der Waals surface area contributed by atoms with Gasteiger partial charge in [-0.25, -0.2) is 14.4 Å². The first-order valence-electron chi connectivity index (χ1n) is 7.55. The molecule has 0 aliphatic rings. The zero-order chi connectivity index (χ0) is 19.9. The summed E-state index contributed by atoms with van der Waals surface area (Å²) >= 11 is 0. The fourth-order valence-corrected chi connectivity index (χ4v) is 1.31. The number of carboxylic acid groups (broad SMARTS) is 1. The van der Waals surface area contributed by atoms with Crippen LogP contribution in [0.1, 0.15) is 13.3 Å². The molecule has 7 nitrogen and oxygen atoms in total. The van der Waals surface area contributed by atoms with Gasteiger partial charge in [-0.05, 0) is 25.5 Å². The van der Waals surface area contributed by atoms with Crippen LogP contribution in [0.3, 0.4) is 0 Å². The zero-order valence-corrected chi connectivity index (χ0v) is 14.5. The third kappa shape index (κ3) is 11.4. The van der Waals surface area contributed by atoms with Gasteiger partial charge in [-0.3, -0.25) is 0 Å². The molecule has 0 fully saturated rings. The number of carbonyl (C=O) groups excluding carboxylic acids is 2. The molecule has 0 aliphatic heterocycles. The largest absolute Gasteiger partial charge is 0.478 e. The van der Waals surface area contributed by atoms with Crippen molar-refractivity contribution in [2.45, 2.75) is 13.3 Å². The van der Waals surface area contributed by atoms with Gasteiger partial charge < -0.3 is 19.7 Å². The lowest BCUT2D eigenvalue weighted by Gasteiger charge is -2.02. The number of carbonyl (C=O) groups is 3. The molecule has 0 aliphatic carbocycles. The van der Waals surface area contributed by atoms with Gasteiger partial charge in [0, 0.05) is 17.2 Å². The van der Waals surface area contributed by atoms with E-state index in [0.29, 0.717) is 11.3 Å². The summed E-state index contributed by atoms with van der Waals surface area (Å²) in [7, 11) is 0. The number of ether oxygens (including phenoxy) is 2. The Bertz CT molecular complexity index is 660. The van der Waals surface area contributed by atoms with Crippen LogP contribution in [0.15, 0.2) is 66.8 Å². The standard InChI is InChI=1S/C10H10O2.C9H12O5/c1-8(2)10(11)12-9-6-4-3-5-7-9;1-7(3-2-4-8(11)12)9(13)14-6-5-10/h3-7H,1H2,2H3;2,4,10H,1,3,5-6H2,(H,11,12). The third-order valence-corrected chi connectivity index (χ3v) is 2.54. The van der Waals surface area contributed by atoms with E-state index >= 15 is 0 Å². The van der Waals surface area contributed by atoms with E-state index in [0.717, 1.165) is 6.08 Å². The number of carboxylic acids is 1. The van der Waals surface area contributed by atoms with Gasteiger partial charge in [0.2, 0.25) is 0 Å². The molecular formula is C19H22O7. The van der Waals surface area contributed by atoms with Crippen LogP contribution in [0.2, 0.25) is 0 Å². The minimum atomic E-state index is -1.08. The second-order valence-electron chi connectivity index (χ2n) is 4.89. The molecule has 26 heavy (non-hydrogen) atoms. The zero-order valence-electron chi connectivity index (χ0n) is 14.5. The van der Waals surface area contributed by atoms with Crippen LogP contribution < -0.4 is 4.74 Å². The Hall–Kier alpha value is -3.19. The Labute approximate surface area is 151 Å². The first-order valence-corrected chi connectivity index (χ1v) is 7.55. The summed E-state index contributed by atoms with van der Waals surface area (Å²) in [6, 6.07) is 8.92. The molecule has 1 aromatic rings. The molecule has 2 N–H and O–H groups in total. The monoisotopic (exact) mass is 362 g/mol. The molecular weight excluding hydrogens is 340 g/mol. The smallest absolute Gasteiger partial charge is 0.338 e. The van der Waals surface area contributed by atoms with Crippen molar-refractivity contribution in [3.8, 4) is 5.75 Å². The highest BCUT2D eigenvalue weighted by molar-refractivity contribution is 5.89. The van der Waals surface area contributed by atoms with E-state index in [1.165, 1.54) is 6.08 Å². The van der Waals surface area contributed by atoms with Gasteiger partial charge in [0.15, 0.2) is 0 Å². The van der Waals surface area contributed by atoms with E-state index in [-0.39, 0.29) is 31.2 Å². The van der Waals surface area contributed by atoms with Crippen LogP contribution in [0, 0.1) is 0 Å². The van der Waals surface area contributed by atoms with E-state index in [2.05, 4.69) is 17.9 Å². The number of aliphatic hydroxyl groups excluding tert-OH is 1. The maximum atomic E-state index is 11.0. The summed E-state index contributed by atoms with van der Waals surface area (Å²) in [5.74, 6) is -1.55. The van der Waals surface area contributed by atoms with Crippen LogP contribution in [-0.2, 0) is 19.1 Å². The van der Waals surface area contributed by atoms with Gasteiger partial charge in [-0.2, -0.15) is 0 Å². The van der Waals surface area contributed by atoms with Gasteiger partial charge >= 0.3 is 17.9 Å². The van der Waals surface area contributed by atoms with E-state index < -0.39 is 11.9 Å². The minimum absolute atomic E-state index is 0.0828. The van der Waals surface area contributed by atoms with E-state index in [9.17, 15) is 14.4 Å². The number of rotatable bonds is 8. The molecule has 0 spiro atoms. The maximum absolute atomic E-state index is 11.0. The van der Waals surface area contributed by atoms with Crippen LogP contribution in [0.25, 0.3) is 0 Å². The number of aliphatic carboxylic acids is 1. The highest BCUT2D eigenvalue weighted by Crippen LogP contribution is 2.09. The Kier molecular flexibility index (Phi) is 11.5. The second kappa shape index (κ2) is 13.1. The molecule has 0 saturated heterocycles. The predicted molar refractivity (Wildman–Crippen MR) is 95.5 cm³/mol. The Morgan fingerprint density at radius 3 is 2.23 bits per heavy atom. The number of esters is 2. The van der Waals surface area contributed by atoms with Crippen LogP contribution >= 0.6 is 0 Å². The lowest BCUT2D eigenvalue weighted by Crippen LogP contribution is -2.09. The number of hydrogen-bond donors (Lipinski definition) is 2. The van der Waals surface area contributed by atoms with Crippen LogP contribution in [0.5, 0.6) is 5.75 Å². The fourth-order valence-electron chi connectivity index (χ4n) is 1.31. The molecule has 0 saturated carbocycles. The molecule has 0 unspecified atom stereocenters. The molecule has 7 heteroatoms. The number of benzene rings is 1. The molecule has 1 aromatic carbocycles. The van der Waals surface area contributed by atoms with E-state index in [4.69, 9.17) is 14.9 Å². The van der Waals surface area contributed by atoms with Crippen molar-refractivity contribution in [3.63, 3.8) is 0 Å². The topological polar surface area (TPSA) is 110 Å². The molecule has 0 atom stereocenters. The van der Waals surface area contributed by atoms with Crippen LogP contribution in [-0.4, -0.2) is 41.3 Å². The number of hydrogen-bond acceptors (Lipinski definition) is 6. The van der Waals surface area contributed by atoms with Crippen molar-refractivity contribution >= 4 is 17.9 Å². The Balaban J connectivity index is 0.000000485. The maximum Gasteiger partial charge on any atom is 0.338 e. The number of aliphatic hydroxyl groups is 1. The van der Waals surface area contributed by atoms with E-state index in [1.54, 1.807) is 31.2 Å². The van der Waals surface area contributed by atoms with Gasteiger partial charge in [-0.1, -0.05) is 37.4 Å². The molecule has 1 rings (SSSR count). The van der Waals surface area contributed by atoms with E-state index in [1.807, 2.05) is 6.07 Å². The van der Waals surface area contributed by atoms with Crippen LogP contribution in [0.4, 0.5) is 0 Å². The molecule has 0 amide bonds. The quantitative estimate of drug-likeness (QED) is 0.415. The summed E-state index contributed by atoms with van der Waals surface area (Å²) < 4.78 is 9.48. The van der Waals surface area contributed by atoms with Gasteiger partial charge in [-0.15, -0.1) is 0 Å². The summed E-state index contributed by atoms with van der Waals surface area (Å²) in [4.78, 5) is 32.0. The minimum Gasteiger partial charge on any atom is -0.478 e. The summed E-state index contributed by atoms with van der Waals surface area (Å²) in [6.07, 6.45) is 2.34. The summed E-state index contributed by atoms with van der Waals surface area (Å²) in [6.45, 7) is 8.17. The van der Waals surface area contributed by atoms with Gasteiger partial charge in [0.1, 0.15) is 12.4 Å². The van der Waals surface area contributed by atoms with Crippen molar-refractivity contribution in [1.82, 2.24) is 0 Å². The molecule has 0 radical (unpaired) electrons. The average Bonchev–Trinajstić information content (AvgIpc) is 2.60. The van der Waals surface area contributed by atoms with Crippen molar-refractivity contribution < 1.29 is 34.1 Å². The average molecular weight is 362 g/mol. The second-order valence-corrected chi connectivity index (χ2v) is 4.89. The summed E-state index contributed by atoms with van der Waals surface area (Å²) in [5.41, 5.74) is 0.551. The van der Waals surface area contributed by atoms with Crippen molar-refractivity contribution in [2.24, 2.45) is 0 Å². The Morgan fingerprint density at radius 2 is 1.73 bits per heavy atom. The fraction of sp³-hybridized carbons (Fsp3) is 0.211. The highest BCUT2D eigenvalue weighted by Gasteiger charge is 2.06. The number of para-hydroxylation sites is 1. The molecule has 0 bridgehead atoms. The first kappa shape index (κ1) is 22.8. The lowest BCUT2D eigenvalue weighted by atomic mass is 10.2. The summed E-state index contributed by atoms with van der Waals surface area (Å²) in [5, 5.41) is 16.6. The SMILES string of the molecule is C=C(C)C(=O)Oc1ccccc1.C=C(CC=CC(=O)O)C(=O)OCCO. The molecule has 0 heterocycles. The Morgan fingerprint density at radius 1 is 1.12 bits per heavy atom. The van der Waals surface area contributed by atoms with Crippen molar-refractivity contribution in [1.29, 1.82) is 0 Å². The van der Waals surface area contributed by atoms with Crippen molar-refractivity contribution in [3.05, 3.63) is 66.8 Å². The molecule has 140 valence electrons. The lowest BCUT2D eigenvalue weighted by molar-refractivity contribution is -0.140. The normalized spacial score (nSPS) is 9.62. The molecule has 0 aromatic heterocycles. The van der Waals surface area contributed by atoms with Crippen molar-refractivity contribution in [2.75, 3.05) is 13.2 Å². The highest BCUT2D eigenvalue weighted by atomic mass is 16.5. The first-order chi connectivity index (χ1) is 12.3.